The van der Waals surface area contributed by atoms with Crippen molar-refractivity contribution < 1.29 is 23.9 Å². The van der Waals surface area contributed by atoms with Crippen LogP contribution in [0, 0.1) is 0 Å². The Bertz CT molecular complexity index is 439. The third kappa shape index (κ3) is 17.0. The standard InChI is InChI=1S/C23H43NO5/c1-4-5-6-7-8-9-10-11-12-13-14-15-16-17-21(25)24-20(23(27)29-3)18-19-22(26)28-2/h20H,4-19H2,1-3H3,(H,24,25). The summed E-state index contributed by atoms with van der Waals surface area (Å²) in [6.07, 6.45) is 17.0. The molecular weight excluding hydrogens is 370 g/mol. The summed E-state index contributed by atoms with van der Waals surface area (Å²) < 4.78 is 9.26. The van der Waals surface area contributed by atoms with E-state index in [0.29, 0.717) is 6.42 Å². The van der Waals surface area contributed by atoms with Gasteiger partial charge in [0.1, 0.15) is 6.04 Å². The van der Waals surface area contributed by atoms with Gasteiger partial charge in [-0.05, 0) is 12.8 Å². The van der Waals surface area contributed by atoms with E-state index in [0.717, 1.165) is 19.3 Å². The number of carbonyl (C=O) groups is 3. The van der Waals surface area contributed by atoms with Crippen LogP contribution in [0.4, 0.5) is 0 Å². The van der Waals surface area contributed by atoms with E-state index in [4.69, 9.17) is 4.74 Å². The molecule has 0 aliphatic carbocycles. The van der Waals surface area contributed by atoms with Crippen LogP contribution in [-0.4, -0.2) is 38.1 Å². The van der Waals surface area contributed by atoms with Gasteiger partial charge >= 0.3 is 11.9 Å². The molecule has 0 bridgehead atoms. The number of amides is 1. The molecule has 0 aliphatic rings. The summed E-state index contributed by atoms with van der Waals surface area (Å²) in [5.74, 6) is -1.12. The van der Waals surface area contributed by atoms with Gasteiger partial charge in [0.15, 0.2) is 0 Å². The van der Waals surface area contributed by atoms with Crippen LogP contribution in [-0.2, 0) is 23.9 Å². The van der Waals surface area contributed by atoms with Crippen molar-refractivity contribution in [1.29, 1.82) is 0 Å². The van der Waals surface area contributed by atoms with E-state index in [1.807, 2.05) is 0 Å². The van der Waals surface area contributed by atoms with Gasteiger partial charge in [-0.1, -0.05) is 84.0 Å². The number of ether oxygens (including phenoxy) is 2. The fraction of sp³-hybridized carbons (Fsp3) is 0.870. The molecule has 0 spiro atoms. The number of hydrogen-bond donors (Lipinski definition) is 1. The van der Waals surface area contributed by atoms with Gasteiger partial charge in [0.05, 0.1) is 14.2 Å². The highest BCUT2D eigenvalue weighted by Crippen LogP contribution is 2.13. The first kappa shape index (κ1) is 27.4. The van der Waals surface area contributed by atoms with Crippen molar-refractivity contribution in [3.63, 3.8) is 0 Å². The maximum atomic E-state index is 12.1. The van der Waals surface area contributed by atoms with E-state index in [9.17, 15) is 14.4 Å². The summed E-state index contributed by atoms with van der Waals surface area (Å²) in [5.41, 5.74) is 0. The number of nitrogens with one attached hydrogen (secondary N) is 1. The zero-order valence-electron chi connectivity index (χ0n) is 18.9. The van der Waals surface area contributed by atoms with Gasteiger partial charge in [0, 0.05) is 12.8 Å². The van der Waals surface area contributed by atoms with E-state index >= 15 is 0 Å². The molecule has 29 heavy (non-hydrogen) atoms. The minimum atomic E-state index is -0.798. The zero-order chi connectivity index (χ0) is 21.7. The lowest BCUT2D eigenvalue weighted by molar-refractivity contribution is -0.146. The molecule has 1 atom stereocenters. The van der Waals surface area contributed by atoms with Crippen molar-refractivity contribution in [2.24, 2.45) is 0 Å². The fourth-order valence-corrected chi connectivity index (χ4v) is 3.33. The maximum Gasteiger partial charge on any atom is 0.328 e. The quantitative estimate of drug-likeness (QED) is 0.236. The van der Waals surface area contributed by atoms with Gasteiger partial charge < -0.3 is 14.8 Å². The van der Waals surface area contributed by atoms with Crippen molar-refractivity contribution >= 4 is 17.8 Å². The van der Waals surface area contributed by atoms with Crippen LogP contribution >= 0.6 is 0 Å². The molecule has 0 rings (SSSR count). The Morgan fingerprint density at radius 1 is 0.690 bits per heavy atom. The largest absolute Gasteiger partial charge is 0.469 e. The van der Waals surface area contributed by atoms with Gasteiger partial charge in [0.2, 0.25) is 5.91 Å². The highest BCUT2D eigenvalue weighted by molar-refractivity contribution is 5.84. The van der Waals surface area contributed by atoms with Crippen LogP contribution in [0.2, 0.25) is 0 Å². The van der Waals surface area contributed by atoms with Gasteiger partial charge in [-0.3, -0.25) is 9.59 Å². The number of esters is 2. The second-order valence-electron chi connectivity index (χ2n) is 7.75. The molecule has 6 heteroatoms. The van der Waals surface area contributed by atoms with Gasteiger partial charge in [-0.25, -0.2) is 4.79 Å². The van der Waals surface area contributed by atoms with Crippen LogP contribution in [0.25, 0.3) is 0 Å². The minimum absolute atomic E-state index is 0.0648. The summed E-state index contributed by atoms with van der Waals surface area (Å²) in [4.78, 5) is 35.0. The second-order valence-corrected chi connectivity index (χ2v) is 7.75. The molecule has 1 unspecified atom stereocenters. The maximum absolute atomic E-state index is 12.1. The second kappa shape index (κ2) is 19.7. The van der Waals surface area contributed by atoms with Crippen LogP contribution in [0.3, 0.4) is 0 Å². The highest BCUT2D eigenvalue weighted by atomic mass is 16.5. The first-order valence-electron chi connectivity index (χ1n) is 11.5. The van der Waals surface area contributed by atoms with Gasteiger partial charge in [0.25, 0.3) is 0 Å². The summed E-state index contributed by atoms with van der Waals surface area (Å²) in [6.45, 7) is 2.25. The molecular formula is C23H43NO5. The lowest BCUT2D eigenvalue weighted by Crippen LogP contribution is -2.41. The van der Waals surface area contributed by atoms with E-state index in [-0.39, 0.29) is 18.7 Å². The third-order valence-electron chi connectivity index (χ3n) is 5.19. The molecule has 170 valence electrons. The topological polar surface area (TPSA) is 81.7 Å². The number of rotatable bonds is 19. The molecule has 0 fully saturated rings. The molecule has 1 amide bonds. The van der Waals surface area contributed by atoms with Crippen molar-refractivity contribution in [3.8, 4) is 0 Å². The number of unbranched alkanes of at least 4 members (excludes halogenated alkanes) is 12. The SMILES string of the molecule is CCCCCCCCCCCCCCCC(=O)NC(CCC(=O)OC)C(=O)OC. The summed E-state index contributed by atoms with van der Waals surface area (Å²) in [5, 5.41) is 2.67. The average molecular weight is 414 g/mol. The van der Waals surface area contributed by atoms with Crippen LogP contribution in [0.15, 0.2) is 0 Å². The summed E-state index contributed by atoms with van der Waals surface area (Å²) in [6, 6.07) is -0.798. The van der Waals surface area contributed by atoms with E-state index in [2.05, 4.69) is 17.0 Å². The molecule has 0 aliphatic heterocycles. The van der Waals surface area contributed by atoms with E-state index in [1.165, 1.54) is 78.4 Å². The molecule has 0 saturated carbocycles. The predicted molar refractivity (Wildman–Crippen MR) is 116 cm³/mol. The summed E-state index contributed by atoms with van der Waals surface area (Å²) >= 11 is 0. The third-order valence-corrected chi connectivity index (χ3v) is 5.19. The molecule has 6 nitrogen and oxygen atoms in total. The molecule has 0 saturated heterocycles. The van der Waals surface area contributed by atoms with E-state index in [1.54, 1.807) is 0 Å². The van der Waals surface area contributed by atoms with E-state index < -0.39 is 18.0 Å². The minimum Gasteiger partial charge on any atom is -0.469 e. The lowest BCUT2D eigenvalue weighted by Gasteiger charge is -2.16. The van der Waals surface area contributed by atoms with Crippen molar-refractivity contribution in [1.82, 2.24) is 5.32 Å². The molecule has 0 radical (unpaired) electrons. The Kier molecular flexibility index (Phi) is 18.6. The number of methoxy groups -OCH3 is 2. The average Bonchev–Trinajstić information content (AvgIpc) is 2.73. The highest BCUT2D eigenvalue weighted by Gasteiger charge is 2.22. The van der Waals surface area contributed by atoms with Crippen LogP contribution in [0.5, 0.6) is 0 Å². The Balaban J connectivity index is 3.68. The first-order chi connectivity index (χ1) is 14.0. The van der Waals surface area contributed by atoms with Crippen molar-refractivity contribution in [2.75, 3.05) is 14.2 Å². The predicted octanol–water partition coefficient (Wildman–Crippen LogP) is 5.08. The Morgan fingerprint density at radius 3 is 1.62 bits per heavy atom. The normalized spacial score (nSPS) is 11.7. The smallest absolute Gasteiger partial charge is 0.328 e. The lowest BCUT2D eigenvalue weighted by atomic mass is 10.0. The Labute approximate surface area is 177 Å². The Morgan fingerprint density at radius 2 is 1.17 bits per heavy atom. The van der Waals surface area contributed by atoms with Gasteiger partial charge in [-0.2, -0.15) is 0 Å². The molecule has 0 aromatic heterocycles. The summed E-state index contributed by atoms with van der Waals surface area (Å²) in [7, 11) is 2.56. The molecule has 1 N–H and O–H groups in total. The van der Waals surface area contributed by atoms with Crippen molar-refractivity contribution in [2.45, 2.75) is 116 Å². The van der Waals surface area contributed by atoms with Crippen molar-refractivity contribution in [3.05, 3.63) is 0 Å². The monoisotopic (exact) mass is 413 g/mol. The number of hydrogen-bond acceptors (Lipinski definition) is 5. The molecule has 0 aromatic rings. The van der Waals surface area contributed by atoms with Crippen LogP contribution < -0.4 is 5.32 Å². The Hall–Kier alpha value is -1.59. The number of carbonyl (C=O) groups excluding carboxylic acids is 3. The molecule has 0 aromatic carbocycles. The van der Waals surface area contributed by atoms with Crippen LogP contribution in [0.1, 0.15) is 110 Å². The fourth-order valence-electron chi connectivity index (χ4n) is 3.33. The molecule has 0 heterocycles. The first-order valence-corrected chi connectivity index (χ1v) is 11.5. The van der Waals surface area contributed by atoms with Gasteiger partial charge in [-0.15, -0.1) is 0 Å². The zero-order valence-corrected chi connectivity index (χ0v) is 18.9.